The number of nitrogens with zero attached hydrogens (tertiary/aromatic N) is 3. The number of hydrogen-bond donors (Lipinski definition) is 0. The smallest absolute Gasteiger partial charge is 0.120 e. The lowest BCUT2D eigenvalue weighted by molar-refractivity contribution is 0.415. The van der Waals surface area contributed by atoms with E-state index in [9.17, 15) is 0 Å². The van der Waals surface area contributed by atoms with Crippen molar-refractivity contribution in [2.24, 2.45) is 0 Å². The highest BCUT2D eigenvalue weighted by Crippen LogP contribution is 2.49. The van der Waals surface area contributed by atoms with Crippen molar-refractivity contribution < 1.29 is 4.74 Å². The van der Waals surface area contributed by atoms with E-state index in [1.807, 2.05) is 66.9 Å². The summed E-state index contributed by atoms with van der Waals surface area (Å²) in [7, 11) is 1.67. The van der Waals surface area contributed by atoms with Gasteiger partial charge in [0.05, 0.1) is 40.9 Å². The van der Waals surface area contributed by atoms with Gasteiger partial charge in [-0.2, -0.15) is 0 Å². The van der Waals surface area contributed by atoms with E-state index in [4.69, 9.17) is 27.9 Å². The Morgan fingerprint density at radius 1 is 0.897 bits per heavy atom. The zero-order valence-corrected chi connectivity index (χ0v) is 17.2. The summed E-state index contributed by atoms with van der Waals surface area (Å²) < 4.78 is 5.42. The molecule has 0 aliphatic carbocycles. The van der Waals surface area contributed by atoms with Crippen molar-refractivity contribution in [1.29, 1.82) is 0 Å². The summed E-state index contributed by atoms with van der Waals surface area (Å²) in [5.74, 6) is 0.803. The van der Waals surface area contributed by atoms with E-state index in [1.54, 1.807) is 7.11 Å². The molecule has 0 fully saturated rings. The quantitative estimate of drug-likeness (QED) is 0.363. The number of pyridine rings is 1. The number of rotatable bonds is 3. The fourth-order valence-electron chi connectivity index (χ4n) is 3.78. The van der Waals surface area contributed by atoms with Crippen LogP contribution in [0, 0.1) is 0 Å². The van der Waals surface area contributed by atoms with E-state index in [1.165, 1.54) is 0 Å². The number of para-hydroxylation sites is 1. The van der Waals surface area contributed by atoms with E-state index < -0.39 is 0 Å². The van der Waals surface area contributed by atoms with Crippen LogP contribution in [0.5, 0.6) is 5.75 Å². The van der Waals surface area contributed by atoms with Crippen molar-refractivity contribution in [3.63, 3.8) is 0 Å². The van der Waals surface area contributed by atoms with Crippen LogP contribution in [-0.2, 0) is 0 Å². The molecule has 0 bridgehead atoms. The third kappa shape index (κ3) is 3.05. The molecule has 0 spiro atoms. The Kier molecular flexibility index (Phi) is 4.46. The van der Waals surface area contributed by atoms with Gasteiger partial charge in [-0.25, -0.2) is 0 Å². The highest BCUT2D eigenvalue weighted by Gasteiger charge is 2.31. The average Bonchev–Trinajstić information content (AvgIpc) is 3.14. The van der Waals surface area contributed by atoms with Crippen LogP contribution in [0.3, 0.4) is 0 Å². The molecular weight excluding hydrogens is 405 g/mol. The molecule has 0 atom stereocenters. The molecule has 29 heavy (non-hydrogen) atoms. The molecule has 1 aromatic heterocycles. The number of benzene rings is 3. The molecule has 0 unspecified atom stereocenters. The van der Waals surface area contributed by atoms with Crippen LogP contribution in [0.4, 0.5) is 22.7 Å². The molecule has 144 valence electrons. The lowest BCUT2D eigenvalue weighted by atomic mass is 10.1. The molecule has 0 N–H and O–H groups in total. The fourth-order valence-corrected chi connectivity index (χ4v) is 4.19. The third-order valence-electron chi connectivity index (χ3n) is 5.13. The monoisotopic (exact) mass is 421 g/mol. The van der Waals surface area contributed by atoms with Crippen LogP contribution < -0.4 is 14.5 Å². The van der Waals surface area contributed by atoms with Crippen LogP contribution in [0.15, 0.2) is 72.9 Å². The summed E-state index contributed by atoms with van der Waals surface area (Å²) in [6.07, 6.45) is 1.90. The van der Waals surface area contributed by atoms with Crippen LogP contribution >= 0.6 is 23.2 Å². The number of aromatic nitrogens is 1. The van der Waals surface area contributed by atoms with Crippen LogP contribution in [0.25, 0.3) is 10.9 Å². The number of anilines is 4. The minimum atomic E-state index is 0.597. The largest absolute Gasteiger partial charge is 0.497 e. The molecule has 1 aliphatic rings. The molecule has 4 aromatic rings. The summed E-state index contributed by atoms with van der Waals surface area (Å²) in [6, 6.07) is 21.6. The van der Waals surface area contributed by atoms with Gasteiger partial charge < -0.3 is 14.5 Å². The summed E-state index contributed by atoms with van der Waals surface area (Å²) in [6.45, 7) is 0.597. The molecule has 5 rings (SSSR count). The lowest BCUT2D eigenvalue weighted by Crippen LogP contribution is -2.24. The zero-order valence-electron chi connectivity index (χ0n) is 15.6. The molecule has 0 radical (unpaired) electrons. The molecule has 0 saturated heterocycles. The van der Waals surface area contributed by atoms with Crippen molar-refractivity contribution in [3.05, 3.63) is 83.0 Å². The van der Waals surface area contributed by atoms with Crippen molar-refractivity contribution in [2.75, 3.05) is 23.6 Å². The predicted octanol–water partition coefficient (Wildman–Crippen LogP) is 6.80. The first kappa shape index (κ1) is 18.1. The van der Waals surface area contributed by atoms with Crippen LogP contribution in [0.2, 0.25) is 10.0 Å². The maximum atomic E-state index is 6.57. The van der Waals surface area contributed by atoms with Gasteiger partial charge in [0.1, 0.15) is 12.4 Å². The van der Waals surface area contributed by atoms with Crippen LogP contribution in [0.1, 0.15) is 0 Å². The molecule has 0 amide bonds. The number of methoxy groups -OCH3 is 1. The molecular formula is C23H17Cl2N3O. The molecule has 2 heterocycles. The van der Waals surface area contributed by atoms with Gasteiger partial charge in [-0.3, -0.25) is 4.98 Å². The first-order chi connectivity index (χ1) is 14.2. The van der Waals surface area contributed by atoms with Crippen molar-refractivity contribution in [2.45, 2.75) is 0 Å². The van der Waals surface area contributed by atoms with Crippen molar-refractivity contribution in [3.8, 4) is 5.75 Å². The first-order valence-corrected chi connectivity index (χ1v) is 9.93. The Hall–Kier alpha value is -2.95. The van der Waals surface area contributed by atoms with Gasteiger partial charge in [-0.1, -0.05) is 41.4 Å². The van der Waals surface area contributed by atoms with Crippen molar-refractivity contribution >= 4 is 56.9 Å². The number of ether oxygens (including phenoxy) is 1. The van der Waals surface area contributed by atoms with Gasteiger partial charge in [-0.05, 0) is 42.5 Å². The Labute approximate surface area is 178 Å². The van der Waals surface area contributed by atoms with Gasteiger partial charge in [-0.15, -0.1) is 0 Å². The molecule has 3 aromatic carbocycles. The Morgan fingerprint density at radius 2 is 1.76 bits per heavy atom. The predicted molar refractivity (Wildman–Crippen MR) is 120 cm³/mol. The second kappa shape index (κ2) is 7.14. The second-order valence-electron chi connectivity index (χ2n) is 6.80. The van der Waals surface area contributed by atoms with E-state index in [0.29, 0.717) is 16.7 Å². The second-order valence-corrected chi connectivity index (χ2v) is 7.65. The summed E-state index contributed by atoms with van der Waals surface area (Å²) in [5, 5.41) is 2.35. The SMILES string of the molecule is COc1cccc(N2CN(c3ccccc3Cl)c3c2cnc2ccc(Cl)cc32)c1. The summed E-state index contributed by atoms with van der Waals surface area (Å²) in [4.78, 5) is 9.08. The fraction of sp³-hybridized carbons (Fsp3) is 0.0870. The Bertz CT molecular complexity index is 1230. The highest BCUT2D eigenvalue weighted by molar-refractivity contribution is 6.34. The van der Waals surface area contributed by atoms with Gasteiger partial charge in [0, 0.05) is 22.2 Å². The van der Waals surface area contributed by atoms with Gasteiger partial charge >= 0.3 is 0 Å². The topological polar surface area (TPSA) is 28.6 Å². The normalized spacial score (nSPS) is 13.1. The van der Waals surface area contributed by atoms with Gasteiger partial charge in [0.2, 0.25) is 0 Å². The number of halogens is 2. The maximum Gasteiger partial charge on any atom is 0.120 e. The number of fused-ring (bicyclic) bond motifs is 3. The van der Waals surface area contributed by atoms with Gasteiger partial charge in [0.25, 0.3) is 0 Å². The summed E-state index contributed by atoms with van der Waals surface area (Å²) in [5.41, 5.74) is 4.87. The molecule has 0 saturated carbocycles. The maximum absolute atomic E-state index is 6.57. The Morgan fingerprint density at radius 3 is 2.59 bits per heavy atom. The van der Waals surface area contributed by atoms with E-state index in [-0.39, 0.29) is 0 Å². The van der Waals surface area contributed by atoms with Crippen molar-refractivity contribution in [1.82, 2.24) is 4.98 Å². The molecule has 4 nitrogen and oxygen atoms in total. The van der Waals surface area contributed by atoms with E-state index >= 15 is 0 Å². The van der Waals surface area contributed by atoms with E-state index in [0.717, 1.165) is 39.4 Å². The minimum Gasteiger partial charge on any atom is -0.497 e. The standard InChI is InChI=1S/C23H17Cl2N3O/c1-29-17-6-4-5-16(12-17)27-14-28(21-8-3-2-7-19(21)25)23-18-11-15(24)9-10-20(18)26-13-22(23)27/h2-13H,14H2,1H3. The number of hydrogen-bond acceptors (Lipinski definition) is 4. The first-order valence-electron chi connectivity index (χ1n) is 9.17. The zero-order chi connectivity index (χ0) is 20.0. The lowest BCUT2D eigenvalue weighted by Gasteiger charge is -2.23. The van der Waals surface area contributed by atoms with E-state index in [2.05, 4.69) is 20.9 Å². The highest BCUT2D eigenvalue weighted by atomic mass is 35.5. The van der Waals surface area contributed by atoms with Gasteiger partial charge in [0.15, 0.2) is 0 Å². The molecule has 1 aliphatic heterocycles. The molecule has 6 heteroatoms. The average molecular weight is 422 g/mol. The Balaban J connectivity index is 1.76. The summed E-state index contributed by atoms with van der Waals surface area (Å²) >= 11 is 12.9. The van der Waals surface area contributed by atoms with Crippen LogP contribution in [-0.4, -0.2) is 18.8 Å². The minimum absolute atomic E-state index is 0.597. The third-order valence-corrected chi connectivity index (χ3v) is 5.69.